The van der Waals surface area contributed by atoms with E-state index in [1.807, 2.05) is 20.0 Å². The van der Waals surface area contributed by atoms with Crippen LogP contribution in [0.3, 0.4) is 0 Å². The second-order valence-electron chi connectivity index (χ2n) is 6.58. The van der Waals surface area contributed by atoms with E-state index in [9.17, 15) is 4.79 Å². The molecule has 0 saturated heterocycles. The number of fused-ring (bicyclic) bond motifs is 1. The highest BCUT2D eigenvalue weighted by atomic mass is 35.5. The molecule has 0 spiro atoms. The standard InChI is InChI=1S/C18H20ClN7O/c1-9(2)13-8-15(22-17-16(13)11(4)25-26(17)5)23-24-18(27)21-12-6-10(3)20-14(19)7-12/h6-9H,1-5H3,(H,20,21,27). The smallest absolute Gasteiger partial charge is 0.305 e. The van der Waals surface area contributed by atoms with E-state index in [-0.39, 0.29) is 5.92 Å². The monoisotopic (exact) mass is 385 g/mol. The number of anilines is 1. The first-order valence-electron chi connectivity index (χ1n) is 8.45. The molecule has 9 heteroatoms. The van der Waals surface area contributed by atoms with Crippen LogP contribution in [0.1, 0.15) is 36.7 Å². The molecular weight excluding hydrogens is 366 g/mol. The normalized spacial score (nSPS) is 11.7. The Morgan fingerprint density at radius 2 is 1.96 bits per heavy atom. The van der Waals surface area contributed by atoms with Gasteiger partial charge in [-0.2, -0.15) is 5.10 Å². The van der Waals surface area contributed by atoms with Crippen LogP contribution in [0.15, 0.2) is 28.4 Å². The van der Waals surface area contributed by atoms with Crippen LogP contribution in [-0.4, -0.2) is 25.8 Å². The summed E-state index contributed by atoms with van der Waals surface area (Å²) in [6.07, 6.45) is 0. The van der Waals surface area contributed by atoms with E-state index in [0.717, 1.165) is 16.6 Å². The topological polar surface area (TPSA) is 97.4 Å². The molecule has 27 heavy (non-hydrogen) atoms. The van der Waals surface area contributed by atoms with E-state index in [2.05, 4.69) is 44.5 Å². The molecule has 0 aliphatic heterocycles. The van der Waals surface area contributed by atoms with Gasteiger partial charge < -0.3 is 5.32 Å². The third kappa shape index (κ3) is 4.11. The summed E-state index contributed by atoms with van der Waals surface area (Å²) in [5.74, 6) is 0.608. The average Bonchev–Trinajstić information content (AvgIpc) is 2.85. The summed E-state index contributed by atoms with van der Waals surface area (Å²) < 4.78 is 1.71. The third-order valence-electron chi connectivity index (χ3n) is 4.02. The molecule has 2 amide bonds. The van der Waals surface area contributed by atoms with Crippen LogP contribution >= 0.6 is 11.6 Å². The molecule has 8 nitrogen and oxygen atoms in total. The van der Waals surface area contributed by atoms with E-state index < -0.39 is 6.03 Å². The number of aromatic nitrogens is 4. The molecule has 0 radical (unpaired) electrons. The number of amides is 2. The van der Waals surface area contributed by atoms with E-state index in [1.54, 1.807) is 23.7 Å². The van der Waals surface area contributed by atoms with Crippen molar-refractivity contribution in [2.45, 2.75) is 33.6 Å². The molecule has 140 valence electrons. The molecule has 0 atom stereocenters. The Morgan fingerprint density at radius 3 is 2.63 bits per heavy atom. The van der Waals surface area contributed by atoms with E-state index in [4.69, 9.17) is 11.6 Å². The summed E-state index contributed by atoms with van der Waals surface area (Å²) >= 11 is 5.89. The predicted molar refractivity (Wildman–Crippen MR) is 105 cm³/mol. The zero-order chi connectivity index (χ0) is 19.7. The number of hydrogen-bond acceptors (Lipinski definition) is 5. The molecular formula is C18H20ClN7O. The summed E-state index contributed by atoms with van der Waals surface area (Å²) in [6, 6.07) is 4.46. The Bertz CT molecular complexity index is 1040. The summed E-state index contributed by atoms with van der Waals surface area (Å²) in [5.41, 5.74) is 3.89. The third-order valence-corrected chi connectivity index (χ3v) is 4.22. The minimum atomic E-state index is -0.620. The van der Waals surface area contributed by atoms with Gasteiger partial charge in [0.2, 0.25) is 0 Å². The van der Waals surface area contributed by atoms with Crippen LogP contribution in [0.2, 0.25) is 5.15 Å². The van der Waals surface area contributed by atoms with Crippen LogP contribution in [0, 0.1) is 13.8 Å². The Kier molecular flexibility index (Phi) is 5.18. The van der Waals surface area contributed by atoms with Crippen molar-refractivity contribution in [3.05, 3.63) is 40.3 Å². The number of nitrogens with zero attached hydrogens (tertiary/aromatic N) is 6. The van der Waals surface area contributed by atoms with Gasteiger partial charge in [0, 0.05) is 23.8 Å². The zero-order valence-electron chi connectivity index (χ0n) is 15.8. The number of pyridine rings is 2. The van der Waals surface area contributed by atoms with Gasteiger partial charge in [0.15, 0.2) is 11.5 Å². The minimum Gasteiger partial charge on any atom is -0.305 e. The van der Waals surface area contributed by atoms with Crippen molar-refractivity contribution in [1.82, 2.24) is 19.7 Å². The highest BCUT2D eigenvalue weighted by Crippen LogP contribution is 2.30. The average molecular weight is 386 g/mol. The lowest BCUT2D eigenvalue weighted by atomic mass is 10.00. The van der Waals surface area contributed by atoms with Crippen LogP contribution in [0.4, 0.5) is 16.3 Å². The number of urea groups is 1. The van der Waals surface area contributed by atoms with Crippen molar-refractivity contribution in [2.75, 3.05) is 5.32 Å². The summed E-state index contributed by atoms with van der Waals surface area (Å²) in [4.78, 5) is 20.6. The molecule has 3 heterocycles. The number of nitrogens with one attached hydrogen (secondary N) is 1. The Hall–Kier alpha value is -2.87. The fourth-order valence-electron chi connectivity index (χ4n) is 2.92. The molecule has 0 saturated carbocycles. The number of rotatable bonds is 3. The van der Waals surface area contributed by atoms with Crippen LogP contribution in [-0.2, 0) is 7.05 Å². The number of carbonyl (C=O) groups excluding carboxylic acids is 1. The molecule has 3 rings (SSSR count). The van der Waals surface area contributed by atoms with Gasteiger partial charge in [-0.3, -0.25) is 4.68 Å². The fraction of sp³-hybridized carbons (Fsp3) is 0.333. The number of azo groups is 1. The largest absolute Gasteiger partial charge is 0.364 e. The predicted octanol–water partition coefficient (Wildman–Crippen LogP) is 5.07. The second kappa shape index (κ2) is 7.40. The van der Waals surface area contributed by atoms with Gasteiger partial charge in [0.1, 0.15) is 5.15 Å². The molecule has 0 bridgehead atoms. The lowest BCUT2D eigenvalue weighted by Crippen LogP contribution is -2.06. The van der Waals surface area contributed by atoms with Crippen LogP contribution in [0.25, 0.3) is 11.0 Å². The lowest BCUT2D eigenvalue weighted by Gasteiger charge is -2.08. The van der Waals surface area contributed by atoms with Gasteiger partial charge in [-0.05, 0) is 43.5 Å². The van der Waals surface area contributed by atoms with Gasteiger partial charge in [-0.15, -0.1) is 5.11 Å². The van der Waals surface area contributed by atoms with Crippen molar-refractivity contribution in [1.29, 1.82) is 0 Å². The summed E-state index contributed by atoms with van der Waals surface area (Å²) in [6.45, 7) is 7.91. The van der Waals surface area contributed by atoms with Gasteiger partial charge in [0.05, 0.1) is 5.69 Å². The fourth-order valence-corrected chi connectivity index (χ4v) is 3.17. The molecule has 3 aromatic rings. The first-order chi connectivity index (χ1) is 12.7. The van der Waals surface area contributed by atoms with Crippen molar-refractivity contribution in [3.63, 3.8) is 0 Å². The van der Waals surface area contributed by atoms with E-state index in [0.29, 0.717) is 28.0 Å². The molecule has 0 fully saturated rings. The molecule has 0 aromatic carbocycles. The van der Waals surface area contributed by atoms with Crippen molar-refractivity contribution in [3.8, 4) is 0 Å². The van der Waals surface area contributed by atoms with Crippen LogP contribution in [0.5, 0.6) is 0 Å². The van der Waals surface area contributed by atoms with Gasteiger partial charge >= 0.3 is 6.03 Å². The molecule has 0 aliphatic rings. The second-order valence-corrected chi connectivity index (χ2v) is 6.97. The summed E-state index contributed by atoms with van der Waals surface area (Å²) in [7, 11) is 1.83. The molecule has 1 N–H and O–H groups in total. The quantitative estimate of drug-likeness (QED) is 0.502. The summed E-state index contributed by atoms with van der Waals surface area (Å²) in [5, 5.41) is 16.1. The van der Waals surface area contributed by atoms with Crippen molar-refractivity contribution >= 4 is 40.2 Å². The van der Waals surface area contributed by atoms with Gasteiger partial charge in [-0.25, -0.2) is 14.8 Å². The molecule has 3 aromatic heterocycles. The number of carbonyl (C=O) groups is 1. The highest BCUT2D eigenvalue weighted by Gasteiger charge is 2.15. The Morgan fingerprint density at radius 1 is 1.22 bits per heavy atom. The molecule has 0 aliphatic carbocycles. The van der Waals surface area contributed by atoms with Gasteiger partial charge in [0.25, 0.3) is 0 Å². The van der Waals surface area contributed by atoms with Crippen LogP contribution < -0.4 is 5.32 Å². The lowest BCUT2D eigenvalue weighted by molar-refractivity contribution is 0.258. The zero-order valence-corrected chi connectivity index (χ0v) is 16.5. The maximum absolute atomic E-state index is 12.1. The first kappa shape index (κ1) is 18.9. The van der Waals surface area contributed by atoms with E-state index in [1.165, 1.54) is 0 Å². The number of aryl methyl sites for hydroxylation is 3. The maximum atomic E-state index is 12.1. The molecule has 0 unspecified atom stereocenters. The maximum Gasteiger partial charge on any atom is 0.364 e. The SMILES string of the molecule is Cc1cc(NC(=O)N=Nc2cc(C(C)C)c3c(C)nn(C)c3n2)cc(Cl)n1. The number of hydrogen-bond donors (Lipinski definition) is 1. The van der Waals surface area contributed by atoms with Gasteiger partial charge in [-0.1, -0.05) is 30.6 Å². The van der Waals surface area contributed by atoms with Crippen molar-refractivity contribution < 1.29 is 4.79 Å². The number of halogens is 1. The van der Waals surface area contributed by atoms with E-state index >= 15 is 0 Å². The highest BCUT2D eigenvalue weighted by molar-refractivity contribution is 6.29. The minimum absolute atomic E-state index is 0.253. The Balaban J connectivity index is 1.89. The Labute approximate surface area is 161 Å². The first-order valence-corrected chi connectivity index (χ1v) is 8.83. The van der Waals surface area contributed by atoms with Crippen molar-refractivity contribution in [2.24, 2.45) is 17.3 Å².